The second-order valence-corrected chi connectivity index (χ2v) is 7.62. The fraction of sp³-hybridized carbons (Fsp3) is 0.111. The van der Waals surface area contributed by atoms with Gasteiger partial charge >= 0.3 is 6.36 Å². The molecule has 0 aliphatic heterocycles. The number of alkyl halides is 3. The smallest absolute Gasteiger partial charge is 0.406 e. The van der Waals surface area contributed by atoms with Gasteiger partial charge in [-0.3, -0.25) is 0 Å². The van der Waals surface area contributed by atoms with Crippen LogP contribution in [0.2, 0.25) is 0 Å². The number of hydrogen-bond donors (Lipinski definition) is 0. The van der Waals surface area contributed by atoms with Crippen LogP contribution in [-0.4, -0.2) is 25.6 Å². The summed E-state index contributed by atoms with van der Waals surface area (Å²) in [6.07, 6.45) is -1.84. The normalized spacial score (nSPS) is 12.2. The van der Waals surface area contributed by atoms with Crippen molar-refractivity contribution in [2.24, 2.45) is 0 Å². The van der Waals surface area contributed by atoms with Gasteiger partial charge in [-0.05, 0) is 54.1 Å². The van der Waals surface area contributed by atoms with Crippen molar-refractivity contribution in [3.05, 3.63) is 66.9 Å². The van der Waals surface area contributed by atoms with E-state index in [1.165, 1.54) is 36.4 Å². The van der Waals surface area contributed by atoms with E-state index in [4.69, 9.17) is 0 Å². The van der Waals surface area contributed by atoms with Crippen LogP contribution < -0.4 is 4.74 Å². The molecule has 1 heterocycles. The Bertz CT molecular complexity index is 1010. The highest BCUT2D eigenvalue weighted by Gasteiger charge is 2.31. The second kappa shape index (κ2) is 6.53. The minimum atomic E-state index is -4.73. The first-order chi connectivity index (χ1) is 12.1. The molecule has 3 rings (SSSR count). The van der Waals surface area contributed by atoms with E-state index in [0.717, 1.165) is 17.5 Å². The predicted molar refractivity (Wildman–Crippen MR) is 91.0 cm³/mol. The maximum atomic E-state index is 12.2. The lowest BCUT2D eigenvalue weighted by Gasteiger charge is -2.12. The van der Waals surface area contributed by atoms with Crippen LogP contribution in [-0.2, 0) is 9.84 Å². The van der Waals surface area contributed by atoms with Gasteiger partial charge in [-0.1, -0.05) is 12.1 Å². The fourth-order valence-electron chi connectivity index (χ4n) is 2.52. The molecule has 0 atom stereocenters. The van der Waals surface area contributed by atoms with Crippen molar-refractivity contribution >= 4 is 9.84 Å². The number of halogens is 3. The van der Waals surface area contributed by atoms with Crippen molar-refractivity contribution in [3.63, 3.8) is 0 Å². The predicted octanol–water partition coefficient (Wildman–Crippen LogP) is 4.45. The molecule has 0 saturated carbocycles. The van der Waals surface area contributed by atoms with Gasteiger partial charge in [0.05, 0.1) is 10.6 Å². The van der Waals surface area contributed by atoms with Gasteiger partial charge in [0.15, 0.2) is 9.84 Å². The maximum absolute atomic E-state index is 12.2. The van der Waals surface area contributed by atoms with Gasteiger partial charge in [0, 0.05) is 18.1 Å². The summed E-state index contributed by atoms with van der Waals surface area (Å²) in [5.41, 5.74) is 2.19. The molecule has 1 aromatic heterocycles. The Morgan fingerprint density at radius 2 is 1.54 bits per heavy atom. The molecule has 0 amide bonds. The Balaban J connectivity index is 1.91. The molecule has 0 spiro atoms. The number of sulfone groups is 1. The summed E-state index contributed by atoms with van der Waals surface area (Å²) in [5, 5.41) is 0. The summed E-state index contributed by atoms with van der Waals surface area (Å²) < 4.78 is 65.5. The van der Waals surface area contributed by atoms with Crippen molar-refractivity contribution in [2.45, 2.75) is 11.3 Å². The molecule has 0 fully saturated rings. The third-order valence-electron chi connectivity index (χ3n) is 3.68. The topological polar surface area (TPSA) is 48.3 Å². The van der Waals surface area contributed by atoms with E-state index >= 15 is 0 Å². The maximum Gasteiger partial charge on any atom is 0.573 e. The lowest BCUT2D eigenvalue weighted by atomic mass is 10.1. The quantitative estimate of drug-likeness (QED) is 0.671. The summed E-state index contributed by atoms with van der Waals surface area (Å²) in [7, 11) is -3.28. The first-order valence-electron chi connectivity index (χ1n) is 7.47. The zero-order valence-electron chi connectivity index (χ0n) is 13.6. The Labute approximate surface area is 148 Å². The third kappa shape index (κ3) is 4.08. The number of rotatable bonds is 4. The van der Waals surface area contributed by atoms with Crippen molar-refractivity contribution < 1.29 is 26.3 Å². The molecule has 0 aliphatic carbocycles. The van der Waals surface area contributed by atoms with Crippen LogP contribution in [0, 0.1) is 0 Å². The SMILES string of the molecule is CS(=O)(=O)c1ccc(-c2cccn2-c2ccc(OC(F)(F)F)cc2)cc1. The molecular weight excluding hydrogens is 367 g/mol. The molecule has 0 saturated heterocycles. The van der Waals surface area contributed by atoms with Crippen molar-refractivity contribution in [3.8, 4) is 22.7 Å². The molecule has 0 aliphatic rings. The van der Waals surface area contributed by atoms with Crippen LogP contribution >= 0.6 is 0 Å². The van der Waals surface area contributed by atoms with Crippen molar-refractivity contribution in [2.75, 3.05) is 6.26 Å². The van der Waals surface area contributed by atoms with E-state index in [2.05, 4.69) is 4.74 Å². The second-order valence-electron chi connectivity index (χ2n) is 5.60. The van der Waals surface area contributed by atoms with Gasteiger partial charge in [-0.2, -0.15) is 0 Å². The van der Waals surface area contributed by atoms with Crippen LogP contribution in [0.1, 0.15) is 0 Å². The van der Waals surface area contributed by atoms with Crippen LogP contribution in [0.5, 0.6) is 5.75 Å². The first-order valence-corrected chi connectivity index (χ1v) is 9.37. The molecule has 0 unspecified atom stereocenters. The monoisotopic (exact) mass is 381 g/mol. The molecule has 0 N–H and O–H groups in total. The van der Waals surface area contributed by atoms with E-state index in [-0.39, 0.29) is 10.6 Å². The number of nitrogens with zero attached hydrogens (tertiary/aromatic N) is 1. The average molecular weight is 381 g/mol. The van der Waals surface area contributed by atoms with Crippen molar-refractivity contribution in [1.29, 1.82) is 0 Å². The van der Waals surface area contributed by atoms with E-state index in [0.29, 0.717) is 5.69 Å². The van der Waals surface area contributed by atoms with Gasteiger partial charge in [-0.25, -0.2) is 8.42 Å². The van der Waals surface area contributed by atoms with Crippen LogP contribution in [0.4, 0.5) is 13.2 Å². The Morgan fingerprint density at radius 1 is 0.923 bits per heavy atom. The first kappa shape index (κ1) is 18.1. The molecule has 136 valence electrons. The summed E-state index contributed by atoms with van der Waals surface area (Å²) in [4.78, 5) is 0.216. The highest BCUT2D eigenvalue weighted by molar-refractivity contribution is 7.90. The van der Waals surface area contributed by atoms with E-state index in [1.807, 2.05) is 6.07 Å². The molecule has 2 aromatic carbocycles. The summed E-state index contributed by atoms with van der Waals surface area (Å²) in [6.45, 7) is 0. The molecule has 26 heavy (non-hydrogen) atoms. The number of aromatic nitrogens is 1. The van der Waals surface area contributed by atoms with Gasteiger partial charge in [-0.15, -0.1) is 13.2 Å². The lowest BCUT2D eigenvalue weighted by Crippen LogP contribution is -2.17. The zero-order chi connectivity index (χ0) is 18.9. The molecule has 8 heteroatoms. The lowest BCUT2D eigenvalue weighted by molar-refractivity contribution is -0.274. The van der Waals surface area contributed by atoms with Gasteiger partial charge < -0.3 is 9.30 Å². The van der Waals surface area contributed by atoms with Crippen LogP contribution in [0.15, 0.2) is 71.8 Å². The van der Waals surface area contributed by atoms with Gasteiger partial charge in [0.2, 0.25) is 0 Å². The summed E-state index contributed by atoms with van der Waals surface area (Å²) in [6, 6.07) is 15.5. The minimum absolute atomic E-state index is 0.216. The highest BCUT2D eigenvalue weighted by atomic mass is 32.2. The number of hydrogen-bond acceptors (Lipinski definition) is 3. The minimum Gasteiger partial charge on any atom is -0.406 e. The molecule has 0 radical (unpaired) electrons. The number of benzene rings is 2. The number of ether oxygens (including phenoxy) is 1. The van der Waals surface area contributed by atoms with Gasteiger partial charge in [0.1, 0.15) is 5.75 Å². The Morgan fingerprint density at radius 3 is 2.08 bits per heavy atom. The zero-order valence-corrected chi connectivity index (χ0v) is 14.4. The Hall–Kier alpha value is -2.74. The molecule has 3 aromatic rings. The largest absolute Gasteiger partial charge is 0.573 e. The van der Waals surface area contributed by atoms with E-state index in [9.17, 15) is 21.6 Å². The van der Waals surface area contributed by atoms with Crippen LogP contribution in [0.25, 0.3) is 16.9 Å². The van der Waals surface area contributed by atoms with E-state index in [1.54, 1.807) is 29.0 Å². The van der Waals surface area contributed by atoms with E-state index < -0.39 is 16.2 Å². The molecule has 4 nitrogen and oxygen atoms in total. The third-order valence-corrected chi connectivity index (χ3v) is 4.80. The average Bonchev–Trinajstić information content (AvgIpc) is 3.03. The molecule has 0 bridgehead atoms. The summed E-state index contributed by atoms with van der Waals surface area (Å²) in [5.74, 6) is -0.299. The summed E-state index contributed by atoms with van der Waals surface area (Å²) >= 11 is 0. The standard InChI is InChI=1S/C18H14F3NO3S/c1-26(23,24)16-10-4-13(5-11-16)17-3-2-12-22(17)14-6-8-15(9-7-14)25-18(19,20)21/h2-12H,1H3. The Kier molecular flexibility index (Phi) is 4.53. The van der Waals surface area contributed by atoms with Crippen LogP contribution in [0.3, 0.4) is 0 Å². The van der Waals surface area contributed by atoms with Crippen molar-refractivity contribution in [1.82, 2.24) is 4.57 Å². The van der Waals surface area contributed by atoms with Gasteiger partial charge in [0.25, 0.3) is 0 Å². The molecular formula is C18H14F3NO3S. The highest BCUT2D eigenvalue weighted by Crippen LogP contribution is 2.28. The fourth-order valence-corrected chi connectivity index (χ4v) is 3.15.